The number of Topliss-reactive ketones (excluding diaryl/α,β-unsaturated/α-hetero) is 1. The molecule has 0 amide bonds. The van der Waals surface area contributed by atoms with Crippen molar-refractivity contribution in [2.24, 2.45) is 7.05 Å². The Morgan fingerprint density at radius 3 is 2.61 bits per heavy atom. The van der Waals surface area contributed by atoms with Gasteiger partial charge in [-0.1, -0.05) is 18.2 Å². The molecule has 6 heteroatoms. The minimum absolute atomic E-state index is 0.226. The highest BCUT2D eigenvalue weighted by Crippen LogP contribution is 2.22. The highest BCUT2D eigenvalue weighted by Gasteiger charge is 2.16. The molecule has 2 aromatic carbocycles. The zero-order valence-electron chi connectivity index (χ0n) is 12.2. The third kappa shape index (κ3) is 2.67. The zero-order valence-corrected chi connectivity index (χ0v) is 12.2. The molecule has 1 aromatic heterocycles. The van der Waals surface area contributed by atoms with E-state index in [0.717, 1.165) is 23.0 Å². The largest absolute Gasteiger partial charge is 0.375 e. The van der Waals surface area contributed by atoms with E-state index in [2.05, 4.69) is 5.32 Å². The van der Waals surface area contributed by atoms with Gasteiger partial charge in [0.05, 0.1) is 12.2 Å². The topological polar surface area (TPSA) is 34.0 Å². The minimum Gasteiger partial charge on any atom is -0.375 e. The number of carbonyl (C=O) groups is 1. The number of aromatic nitrogens is 1. The van der Waals surface area contributed by atoms with Gasteiger partial charge in [-0.25, -0.2) is 13.2 Å². The van der Waals surface area contributed by atoms with Crippen molar-refractivity contribution >= 4 is 22.4 Å². The van der Waals surface area contributed by atoms with Crippen molar-refractivity contribution in [2.75, 3.05) is 11.9 Å². The number of rotatable bonds is 4. The van der Waals surface area contributed by atoms with Gasteiger partial charge in [0.25, 0.3) is 0 Å². The second kappa shape index (κ2) is 5.79. The van der Waals surface area contributed by atoms with Crippen LogP contribution >= 0.6 is 0 Å². The first-order valence-corrected chi connectivity index (χ1v) is 6.93. The fourth-order valence-corrected chi connectivity index (χ4v) is 2.50. The van der Waals surface area contributed by atoms with Crippen molar-refractivity contribution in [2.45, 2.75) is 0 Å². The average molecular weight is 318 g/mol. The molecule has 1 heterocycles. The van der Waals surface area contributed by atoms with Crippen molar-refractivity contribution in [3.63, 3.8) is 0 Å². The number of ketones is 1. The van der Waals surface area contributed by atoms with Gasteiger partial charge in [0.1, 0.15) is 0 Å². The van der Waals surface area contributed by atoms with Crippen molar-refractivity contribution in [3.05, 3.63) is 65.6 Å². The number of nitrogens with zero attached hydrogens (tertiary/aromatic N) is 1. The Kier molecular flexibility index (Phi) is 3.82. The van der Waals surface area contributed by atoms with Crippen LogP contribution in [0.3, 0.4) is 0 Å². The Morgan fingerprint density at radius 2 is 1.83 bits per heavy atom. The molecule has 0 radical (unpaired) electrons. The number of hydrogen-bond acceptors (Lipinski definition) is 2. The average Bonchev–Trinajstić information content (AvgIpc) is 2.89. The van der Waals surface area contributed by atoms with Gasteiger partial charge in [-0.05, 0) is 18.2 Å². The van der Waals surface area contributed by atoms with Crippen LogP contribution in [0.5, 0.6) is 0 Å². The lowest BCUT2D eigenvalue weighted by Crippen LogP contribution is -2.15. The lowest BCUT2D eigenvalue weighted by molar-refractivity contribution is 0.101. The van der Waals surface area contributed by atoms with E-state index in [1.54, 1.807) is 6.20 Å². The lowest BCUT2D eigenvalue weighted by atomic mass is 10.1. The Bertz CT molecular complexity index is 902. The molecule has 0 saturated carbocycles. The van der Waals surface area contributed by atoms with Crippen LogP contribution in [0.25, 0.3) is 10.9 Å². The molecule has 0 saturated heterocycles. The summed E-state index contributed by atoms with van der Waals surface area (Å²) in [6.45, 7) is -0.226. The van der Waals surface area contributed by atoms with Crippen LogP contribution < -0.4 is 5.32 Å². The third-order valence-electron chi connectivity index (χ3n) is 3.67. The highest BCUT2D eigenvalue weighted by molar-refractivity contribution is 6.09. The van der Waals surface area contributed by atoms with E-state index in [-0.39, 0.29) is 18.0 Å². The number of benzene rings is 2. The van der Waals surface area contributed by atoms with Crippen LogP contribution in [0, 0.1) is 17.5 Å². The number of aryl methyl sites for hydroxylation is 1. The molecule has 0 atom stereocenters. The van der Waals surface area contributed by atoms with Gasteiger partial charge < -0.3 is 9.88 Å². The number of carbonyl (C=O) groups excluding carboxylic acids is 1. The molecule has 118 valence electrons. The van der Waals surface area contributed by atoms with Gasteiger partial charge in [0.2, 0.25) is 0 Å². The number of halogens is 3. The molecule has 0 fully saturated rings. The van der Waals surface area contributed by atoms with Gasteiger partial charge in [-0.15, -0.1) is 0 Å². The van der Waals surface area contributed by atoms with Crippen LogP contribution in [0.1, 0.15) is 10.4 Å². The normalized spacial score (nSPS) is 11.0. The van der Waals surface area contributed by atoms with Crippen molar-refractivity contribution in [1.29, 1.82) is 0 Å². The van der Waals surface area contributed by atoms with Crippen LogP contribution in [0.4, 0.5) is 18.9 Å². The Labute approximate surface area is 130 Å². The number of hydrogen-bond donors (Lipinski definition) is 1. The number of fused-ring (bicyclic) bond motifs is 1. The molecule has 0 aliphatic heterocycles. The summed E-state index contributed by atoms with van der Waals surface area (Å²) in [6.07, 6.45) is 1.69. The Hall–Kier alpha value is -2.76. The molecule has 0 aliphatic rings. The van der Waals surface area contributed by atoms with Crippen LogP contribution in [-0.2, 0) is 7.05 Å². The predicted octanol–water partition coefficient (Wildman–Crippen LogP) is 3.89. The number of para-hydroxylation sites is 1. The first-order valence-electron chi connectivity index (χ1n) is 6.93. The maximum atomic E-state index is 13.6. The summed E-state index contributed by atoms with van der Waals surface area (Å²) >= 11 is 0. The van der Waals surface area contributed by atoms with Crippen molar-refractivity contribution < 1.29 is 18.0 Å². The summed E-state index contributed by atoms with van der Waals surface area (Å²) < 4.78 is 41.5. The first kappa shape index (κ1) is 15.1. The van der Waals surface area contributed by atoms with E-state index in [9.17, 15) is 18.0 Å². The molecule has 1 N–H and O–H groups in total. The highest BCUT2D eigenvalue weighted by atomic mass is 19.2. The third-order valence-corrected chi connectivity index (χ3v) is 3.67. The molecule has 0 unspecified atom stereocenters. The first-order chi connectivity index (χ1) is 11.0. The molecule has 3 nitrogen and oxygen atoms in total. The van der Waals surface area contributed by atoms with Crippen molar-refractivity contribution in [1.82, 2.24) is 4.57 Å². The van der Waals surface area contributed by atoms with Crippen LogP contribution in [0.2, 0.25) is 0 Å². The number of anilines is 1. The van der Waals surface area contributed by atoms with Gasteiger partial charge >= 0.3 is 0 Å². The summed E-state index contributed by atoms with van der Waals surface area (Å²) in [5.74, 6) is -4.44. The van der Waals surface area contributed by atoms with E-state index < -0.39 is 17.5 Å². The predicted molar refractivity (Wildman–Crippen MR) is 82.1 cm³/mol. The lowest BCUT2D eigenvalue weighted by Gasteiger charge is -2.07. The van der Waals surface area contributed by atoms with E-state index in [4.69, 9.17) is 0 Å². The molecule has 23 heavy (non-hydrogen) atoms. The van der Waals surface area contributed by atoms with Gasteiger partial charge in [0, 0.05) is 29.7 Å². The maximum Gasteiger partial charge on any atom is 0.196 e. The zero-order chi connectivity index (χ0) is 16.6. The quantitative estimate of drug-likeness (QED) is 0.585. The SMILES string of the molecule is Cn1cc(C(=O)CNc2ccc(F)c(F)c2F)c2ccccc21. The van der Waals surface area contributed by atoms with Gasteiger partial charge in [-0.3, -0.25) is 4.79 Å². The fraction of sp³-hybridized carbons (Fsp3) is 0.118. The van der Waals surface area contributed by atoms with Gasteiger partial charge in [0.15, 0.2) is 23.2 Å². The second-order valence-electron chi connectivity index (χ2n) is 5.17. The van der Waals surface area contributed by atoms with Crippen LogP contribution in [0.15, 0.2) is 42.6 Å². The molecule has 0 bridgehead atoms. The molecular formula is C17H13F3N2O. The summed E-state index contributed by atoms with van der Waals surface area (Å²) in [4.78, 5) is 12.3. The van der Waals surface area contributed by atoms with E-state index in [1.165, 1.54) is 0 Å². The van der Waals surface area contributed by atoms with Crippen LogP contribution in [-0.4, -0.2) is 16.9 Å². The summed E-state index contributed by atoms with van der Waals surface area (Å²) in [5.41, 5.74) is 1.13. The Morgan fingerprint density at radius 1 is 1.09 bits per heavy atom. The molecule has 3 rings (SSSR count). The summed E-state index contributed by atoms with van der Waals surface area (Å²) in [5, 5.41) is 3.30. The number of nitrogens with one attached hydrogen (secondary N) is 1. The van der Waals surface area contributed by atoms with E-state index >= 15 is 0 Å². The Balaban J connectivity index is 1.83. The molecule has 0 spiro atoms. The monoisotopic (exact) mass is 318 g/mol. The van der Waals surface area contributed by atoms with Crippen molar-refractivity contribution in [3.8, 4) is 0 Å². The molecule has 3 aromatic rings. The molecular weight excluding hydrogens is 305 g/mol. The second-order valence-corrected chi connectivity index (χ2v) is 5.17. The minimum atomic E-state index is -1.56. The molecule has 0 aliphatic carbocycles. The fourth-order valence-electron chi connectivity index (χ4n) is 2.50. The van der Waals surface area contributed by atoms with E-state index in [0.29, 0.717) is 5.56 Å². The standard InChI is InChI=1S/C17H13F3N2O/c1-22-9-11(10-4-2-3-5-14(10)22)15(23)8-21-13-7-6-12(18)16(19)17(13)20/h2-7,9,21H,8H2,1H3. The van der Waals surface area contributed by atoms with E-state index in [1.807, 2.05) is 35.9 Å². The summed E-state index contributed by atoms with van der Waals surface area (Å²) in [6, 6.07) is 9.26. The summed E-state index contributed by atoms with van der Waals surface area (Å²) in [7, 11) is 1.82. The maximum absolute atomic E-state index is 13.6. The van der Waals surface area contributed by atoms with Gasteiger partial charge in [-0.2, -0.15) is 0 Å². The smallest absolute Gasteiger partial charge is 0.196 e.